The molecule has 0 fully saturated rings. The van der Waals surface area contributed by atoms with Gasteiger partial charge in [-0.3, -0.25) is 9.89 Å². The fourth-order valence-electron chi connectivity index (χ4n) is 4.23. The molecule has 0 saturated carbocycles. The van der Waals surface area contributed by atoms with Gasteiger partial charge in [0, 0.05) is 29.1 Å². The van der Waals surface area contributed by atoms with Crippen molar-refractivity contribution in [2.24, 2.45) is 7.05 Å². The monoisotopic (exact) mass is 524 g/mol. The molecular formula is C26H16ClF3N4O3. The molecule has 0 aliphatic heterocycles. The van der Waals surface area contributed by atoms with Gasteiger partial charge >= 0.3 is 12.1 Å². The second kappa shape index (κ2) is 8.90. The fourth-order valence-corrected chi connectivity index (χ4v) is 4.49. The maximum absolute atomic E-state index is 13.9. The Labute approximate surface area is 212 Å². The molecule has 0 unspecified atom stereocenters. The van der Waals surface area contributed by atoms with E-state index in [1.165, 1.54) is 36.4 Å². The number of carboxylic acid groups (broad SMARTS) is 1. The predicted octanol–water partition coefficient (Wildman–Crippen LogP) is 6.23. The molecule has 0 spiro atoms. The molecule has 0 radical (unpaired) electrons. The summed E-state index contributed by atoms with van der Waals surface area (Å²) in [4.78, 5) is 29.2. The lowest BCUT2D eigenvalue weighted by Gasteiger charge is -2.15. The minimum Gasteiger partial charge on any atom is -0.478 e. The van der Waals surface area contributed by atoms with Crippen molar-refractivity contribution in [1.29, 1.82) is 0 Å². The fraction of sp³-hybridized carbons (Fsp3) is 0.0769. The van der Waals surface area contributed by atoms with Crippen LogP contribution in [0.25, 0.3) is 33.4 Å². The van der Waals surface area contributed by atoms with Crippen molar-refractivity contribution in [2.75, 3.05) is 0 Å². The Morgan fingerprint density at radius 1 is 1.05 bits per heavy atom. The number of halogens is 4. The third-order valence-electron chi connectivity index (χ3n) is 5.97. The number of hydrogen-bond donors (Lipinski definition) is 2. The number of aromatic carboxylic acids is 1. The SMILES string of the molecule is Cn1cncc1-c1cc(C(=O)c2c(Cl)cccc2C(F)(F)F)c2c(-c3ccc(C(=O)O)cc3)n[nH]c2c1. The Morgan fingerprint density at radius 3 is 2.41 bits per heavy atom. The van der Waals surface area contributed by atoms with E-state index in [9.17, 15) is 27.9 Å². The van der Waals surface area contributed by atoms with Crippen LogP contribution in [0.3, 0.4) is 0 Å². The van der Waals surface area contributed by atoms with E-state index < -0.39 is 29.1 Å². The molecule has 2 aromatic heterocycles. The van der Waals surface area contributed by atoms with Crippen LogP contribution >= 0.6 is 11.6 Å². The minimum atomic E-state index is -4.82. The Hall–Kier alpha value is -4.44. The average Bonchev–Trinajstić information content (AvgIpc) is 3.48. The lowest BCUT2D eigenvalue weighted by atomic mass is 9.91. The Bertz CT molecular complexity index is 1690. The smallest absolute Gasteiger partial charge is 0.417 e. The highest BCUT2D eigenvalue weighted by molar-refractivity contribution is 6.36. The first kappa shape index (κ1) is 24.3. The molecule has 5 rings (SSSR count). The number of carbonyl (C=O) groups excluding carboxylic acids is 1. The van der Waals surface area contributed by atoms with Gasteiger partial charge in [0.25, 0.3) is 0 Å². The summed E-state index contributed by atoms with van der Waals surface area (Å²) in [6, 6.07) is 12.1. The maximum atomic E-state index is 13.9. The molecule has 0 aliphatic carbocycles. The number of imidazole rings is 1. The van der Waals surface area contributed by atoms with Crippen molar-refractivity contribution in [3.05, 3.63) is 94.4 Å². The normalized spacial score (nSPS) is 11.7. The van der Waals surface area contributed by atoms with Crippen molar-refractivity contribution in [3.8, 4) is 22.5 Å². The molecule has 0 saturated heterocycles. The number of carbonyl (C=O) groups is 2. The summed E-state index contributed by atoms with van der Waals surface area (Å²) in [6.07, 6.45) is -1.70. The molecule has 2 heterocycles. The molecule has 11 heteroatoms. The number of aromatic nitrogens is 4. The van der Waals surface area contributed by atoms with Crippen LogP contribution in [0.5, 0.6) is 0 Å². The van der Waals surface area contributed by atoms with Crippen molar-refractivity contribution in [2.45, 2.75) is 6.18 Å². The highest BCUT2D eigenvalue weighted by Crippen LogP contribution is 2.39. The van der Waals surface area contributed by atoms with E-state index in [4.69, 9.17) is 11.6 Å². The summed E-state index contributed by atoms with van der Waals surface area (Å²) >= 11 is 6.16. The van der Waals surface area contributed by atoms with E-state index in [0.717, 1.165) is 12.1 Å². The topological polar surface area (TPSA) is 101 Å². The van der Waals surface area contributed by atoms with Gasteiger partial charge in [-0.1, -0.05) is 29.8 Å². The molecule has 3 aromatic carbocycles. The molecule has 0 atom stereocenters. The van der Waals surface area contributed by atoms with Gasteiger partial charge in [0.05, 0.1) is 45.4 Å². The van der Waals surface area contributed by atoms with Crippen LogP contribution in [0.2, 0.25) is 5.02 Å². The van der Waals surface area contributed by atoms with Crippen molar-refractivity contribution >= 4 is 34.3 Å². The predicted molar refractivity (Wildman–Crippen MR) is 131 cm³/mol. The molecule has 186 valence electrons. The molecule has 5 aromatic rings. The summed E-state index contributed by atoms with van der Waals surface area (Å²) in [5.41, 5.74) is 0.429. The number of carboxylic acids is 1. The van der Waals surface area contributed by atoms with Gasteiger partial charge in [-0.15, -0.1) is 0 Å². The van der Waals surface area contributed by atoms with Crippen molar-refractivity contribution in [3.63, 3.8) is 0 Å². The van der Waals surface area contributed by atoms with Crippen LogP contribution in [-0.2, 0) is 13.2 Å². The third kappa shape index (κ3) is 4.25. The van der Waals surface area contributed by atoms with E-state index in [0.29, 0.717) is 22.3 Å². The molecule has 7 nitrogen and oxygen atoms in total. The number of aryl methyl sites for hydroxylation is 1. The molecular weight excluding hydrogens is 509 g/mol. The number of aromatic amines is 1. The van der Waals surface area contributed by atoms with Gasteiger partial charge in [0.15, 0.2) is 5.78 Å². The first-order valence-electron chi connectivity index (χ1n) is 10.8. The van der Waals surface area contributed by atoms with Crippen LogP contribution in [0.1, 0.15) is 31.8 Å². The van der Waals surface area contributed by atoms with Gasteiger partial charge in [-0.25, -0.2) is 9.78 Å². The van der Waals surface area contributed by atoms with Gasteiger partial charge in [0.2, 0.25) is 0 Å². The lowest BCUT2D eigenvalue weighted by molar-refractivity contribution is -0.137. The van der Waals surface area contributed by atoms with Crippen LogP contribution in [0.15, 0.2) is 67.1 Å². The van der Waals surface area contributed by atoms with Crippen LogP contribution in [0, 0.1) is 0 Å². The summed E-state index contributed by atoms with van der Waals surface area (Å²) in [5.74, 6) is -2.05. The number of nitrogens with zero attached hydrogens (tertiary/aromatic N) is 3. The lowest BCUT2D eigenvalue weighted by Crippen LogP contribution is -2.15. The van der Waals surface area contributed by atoms with Gasteiger partial charge < -0.3 is 9.67 Å². The number of rotatable bonds is 5. The van der Waals surface area contributed by atoms with Crippen LogP contribution in [-0.4, -0.2) is 36.6 Å². The molecule has 2 N–H and O–H groups in total. The summed E-state index contributed by atoms with van der Waals surface area (Å²) in [7, 11) is 1.74. The second-order valence-electron chi connectivity index (χ2n) is 8.28. The number of alkyl halides is 3. The second-order valence-corrected chi connectivity index (χ2v) is 8.69. The number of nitrogens with one attached hydrogen (secondary N) is 1. The third-order valence-corrected chi connectivity index (χ3v) is 6.29. The largest absolute Gasteiger partial charge is 0.478 e. The number of ketones is 1. The number of hydrogen-bond acceptors (Lipinski definition) is 4. The zero-order chi connectivity index (χ0) is 26.5. The van der Waals surface area contributed by atoms with Crippen LogP contribution < -0.4 is 0 Å². The molecule has 0 amide bonds. The van der Waals surface area contributed by atoms with Gasteiger partial charge in [-0.05, 0) is 36.4 Å². The van der Waals surface area contributed by atoms with E-state index in [1.807, 2.05) is 0 Å². The molecule has 0 bridgehead atoms. The van der Waals surface area contributed by atoms with Gasteiger partial charge in [0.1, 0.15) is 5.69 Å². The van der Waals surface area contributed by atoms with E-state index >= 15 is 0 Å². The average molecular weight is 525 g/mol. The highest BCUT2D eigenvalue weighted by Gasteiger charge is 2.37. The Kier molecular flexibility index (Phi) is 5.83. The standard InChI is InChI=1S/C26H16ClF3N4O3/c1-34-12-31-11-20(34)15-9-16(24(35)22-17(26(28,29)30)3-2-4-18(22)27)21-19(10-15)32-33-23(21)13-5-7-14(8-6-13)25(36)37/h2-12H,1H3,(H,32,33)(H,36,37). The molecule has 37 heavy (non-hydrogen) atoms. The first-order chi connectivity index (χ1) is 17.6. The summed E-state index contributed by atoms with van der Waals surface area (Å²) < 4.78 is 43.3. The van der Waals surface area contributed by atoms with Gasteiger partial charge in [-0.2, -0.15) is 18.3 Å². The Balaban J connectivity index is 1.80. The zero-order valence-electron chi connectivity index (χ0n) is 19.0. The minimum absolute atomic E-state index is 0.0456. The summed E-state index contributed by atoms with van der Waals surface area (Å²) in [5, 5.41) is 16.3. The first-order valence-corrected chi connectivity index (χ1v) is 11.2. The Morgan fingerprint density at radius 2 is 1.78 bits per heavy atom. The van der Waals surface area contributed by atoms with Crippen molar-refractivity contribution in [1.82, 2.24) is 19.7 Å². The van der Waals surface area contributed by atoms with E-state index in [-0.39, 0.29) is 27.2 Å². The maximum Gasteiger partial charge on any atom is 0.417 e. The highest BCUT2D eigenvalue weighted by atomic mass is 35.5. The molecule has 0 aliphatic rings. The summed E-state index contributed by atoms with van der Waals surface area (Å²) in [6.45, 7) is 0. The van der Waals surface area contributed by atoms with E-state index in [2.05, 4.69) is 15.2 Å². The van der Waals surface area contributed by atoms with E-state index in [1.54, 1.807) is 30.2 Å². The quantitative estimate of drug-likeness (QED) is 0.265. The number of H-pyrrole nitrogens is 1. The zero-order valence-corrected chi connectivity index (χ0v) is 19.7. The number of benzene rings is 3. The van der Waals surface area contributed by atoms with Crippen LogP contribution in [0.4, 0.5) is 13.2 Å². The van der Waals surface area contributed by atoms with Crippen molar-refractivity contribution < 1.29 is 27.9 Å². The number of fused-ring (bicyclic) bond motifs is 1.